The zero-order valence-corrected chi connectivity index (χ0v) is 10.3. The molecule has 0 amide bonds. The molecule has 0 aliphatic heterocycles. The number of hydrogen-bond acceptors (Lipinski definition) is 3. The first kappa shape index (κ1) is 12.8. The molecule has 0 radical (unpaired) electrons. The average Bonchev–Trinajstić information content (AvgIpc) is 2.39. The van der Waals surface area contributed by atoms with Crippen molar-refractivity contribution in [2.24, 2.45) is 0 Å². The Morgan fingerprint density at radius 2 is 1.63 bits per heavy atom. The van der Waals surface area contributed by atoms with Gasteiger partial charge in [0.25, 0.3) is 0 Å². The van der Waals surface area contributed by atoms with Crippen molar-refractivity contribution >= 4 is 11.8 Å². The van der Waals surface area contributed by atoms with Crippen LogP contribution in [0.25, 0.3) is 0 Å². The van der Waals surface area contributed by atoms with E-state index in [9.17, 15) is 14.7 Å². The summed E-state index contributed by atoms with van der Waals surface area (Å²) >= 11 is 0. The summed E-state index contributed by atoms with van der Waals surface area (Å²) in [5.74, 6) is -0.516. The highest BCUT2D eigenvalue weighted by atomic mass is 16.5. The van der Waals surface area contributed by atoms with Crippen molar-refractivity contribution < 1.29 is 19.4 Å². The van der Waals surface area contributed by atoms with Crippen molar-refractivity contribution in [3.8, 4) is 11.5 Å². The Labute approximate surface area is 110 Å². The van der Waals surface area contributed by atoms with Crippen molar-refractivity contribution in [2.45, 2.75) is 6.92 Å². The number of phenols is 1. The van der Waals surface area contributed by atoms with E-state index in [4.69, 9.17) is 4.74 Å². The van der Waals surface area contributed by atoms with Gasteiger partial charge in [0.05, 0.1) is 6.92 Å². The molecule has 0 saturated heterocycles. The van der Waals surface area contributed by atoms with Gasteiger partial charge in [0.1, 0.15) is 22.6 Å². The van der Waals surface area contributed by atoms with Gasteiger partial charge in [-0.25, -0.2) is 4.79 Å². The largest absolute Gasteiger partial charge is 0.507 e. The molecular weight excluding hydrogens is 244 g/mol. The minimum atomic E-state index is -0.674. The third-order valence-electron chi connectivity index (χ3n) is 2.60. The highest BCUT2D eigenvalue weighted by Gasteiger charge is 2.18. The summed E-state index contributed by atoms with van der Waals surface area (Å²) in [6, 6.07) is 12.8. The number of carbonyl (C=O) groups is 1. The molecule has 0 heterocycles. The second-order valence-electron chi connectivity index (χ2n) is 3.99. The molecule has 0 unspecified atom stereocenters. The molecule has 0 fully saturated rings. The van der Waals surface area contributed by atoms with Gasteiger partial charge in [-0.1, -0.05) is 24.3 Å². The summed E-state index contributed by atoms with van der Waals surface area (Å²) in [6.07, 6.45) is 0. The molecule has 4 heteroatoms. The Hall–Kier alpha value is -2.62. The van der Waals surface area contributed by atoms with Crippen LogP contribution in [-0.2, 0) is 0 Å². The van der Waals surface area contributed by atoms with Crippen LogP contribution in [0, 0.1) is 0 Å². The van der Waals surface area contributed by atoms with Gasteiger partial charge in [-0.05, 0) is 24.3 Å². The van der Waals surface area contributed by atoms with Crippen LogP contribution in [0.2, 0.25) is 0 Å². The quantitative estimate of drug-likeness (QED) is 0.397. The van der Waals surface area contributed by atoms with E-state index in [0.717, 1.165) is 0 Å². The molecule has 0 atom stereocenters. The Balaban J connectivity index is 2.30. The topological polar surface area (TPSA) is 67.9 Å². The predicted molar refractivity (Wildman–Crippen MR) is 71.2 cm³/mol. The maximum atomic E-state index is 11.9. The smallest absolute Gasteiger partial charge is 0.347 e. The Morgan fingerprint density at radius 1 is 1.05 bits per heavy atom. The lowest BCUT2D eigenvalue weighted by atomic mass is 10.1. The SMILES string of the molecule is CC(=[OH+])c1ccccc1OC(=O)c1ccccc1O. The third kappa shape index (κ3) is 2.80. The van der Waals surface area contributed by atoms with Gasteiger partial charge in [0.2, 0.25) is 0 Å². The van der Waals surface area contributed by atoms with E-state index in [1.807, 2.05) is 0 Å². The fraction of sp³-hybridized carbons (Fsp3) is 0.0667. The normalized spacial score (nSPS) is 9.95. The van der Waals surface area contributed by atoms with E-state index in [1.165, 1.54) is 19.1 Å². The molecule has 0 bridgehead atoms. The van der Waals surface area contributed by atoms with Gasteiger partial charge in [0.15, 0.2) is 0 Å². The Morgan fingerprint density at radius 3 is 2.26 bits per heavy atom. The fourth-order valence-electron chi connectivity index (χ4n) is 1.66. The van der Waals surface area contributed by atoms with Crippen molar-refractivity contribution in [3.63, 3.8) is 0 Å². The van der Waals surface area contributed by atoms with Crippen LogP contribution < -0.4 is 4.74 Å². The summed E-state index contributed by atoms with van der Waals surface area (Å²) in [7, 11) is 0. The van der Waals surface area contributed by atoms with Crippen molar-refractivity contribution in [2.75, 3.05) is 0 Å². The highest BCUT2D eigenvalue weighted by Crippen LogP contribution is 2.22. The fourth-order valence-corrected chi connectivity index (χ4v) is 1.66. The zero-order valence-electron chi connectivity index (χ0n) is 10.3. The van der Waals surface area contributed by atoms with Crippen LogP contribution >= 0.6 is 0 Å². The Bertz CT molecular complexity index is 632. The minimum Gasteiger partial charge on any atom is -0.507 e. The summed E-state index contributed by atoms with van der Waals surface area (Å²) in [4.78, 5) is 21.5. The number of benzene rings is 2. The summed E-state index contributed by atoms with van der Waals surface area (Å²) < 4.78 is 5.19. The highest BCUT2D eigenvalue weighted by molar-refractivity contribution is 6.00. The number of ketones is 1. The molecule has 2 aromatic carbocycles. The minimum absolute atomic E-state index is 0.0562. The first-order valence-electron chi connectivity index (χ1n) is 5.71. The molecule has 0 aliphatic rings. The molecule has 96 valence electrons. The number of rotatable bonds is 3. The van der Waals surface area contributed by atoms with E-state index < -0.39 is 5.97 Å². The summed E-state index contributed by atoms with van der Waals surface area (Å²) in [6.45, 7) is 1.51. The van der Waals surface area contributed by atoms with Crippen LogP contribution in [-0.4, -0.2) is 21.7 Å². The van der Waals surface area contributed by atoms with Crippen LogP contribution in [0.4, 0.5) is 0 Å². The lowest BCUT2D eigenvalue weighted by molar-refractivity contribution is 0.0731. The first-order valence-corrected chi connectivity index (χ1v) is 5.71. The van der Waals surface area contributed by atoms with Crippen molar-refractivity contribution in [1.82, 2.24) is 0 Å². The number of aromatic hydroxyl groups is 1. The first-order chi connectivity index (χ1) is 9.09. The average molecular weight is 257 g/mol. The lowest BCUT2D eigenvalue weighted by Gasteiger charge is -2.07. The van der Waals surface area contributed by atoms with Crippen molar-refractivity contribution in [3.05, 3.63) is 59.7 Å². The van der Waals surface area contributed by atoms with Gasteiger partial charge in [-0.3, -0.25) is 4.79 Å². The third-order valence-corrected chi connectivity index (χ3v) is 2.60. The van der Waals surface area contributed by atoms with E-state index in [2.05, 4.69) is 0 Å². The summed E-state index contributed by atoms with van der Waals surface area (Å²) in [5, 5.41) is 9.58. The van der Waals surface area contributed by atoms with Gasteiger partial charge in [0, 0.05) is 0 Å². The molecule has 2 N–H and O–H groups in total. The van der Waals surface area contributed by atoms with Crippen molar-refractivity contribution in [1.29, 1.82) is 0 Å². The molecule has 4 nitrogen and oxygen atoms in total. The van der Waals surface area contributed by atoms with Gasteiger partial charge < -0.3 is 9.84 Å². The van der Waals surface area contributed by atoms with Crippen LogP contribution in [0.5, 0.6) is 11.5 Å². The van der Waals surface area contributed by atoms with E-state index in [1.54, 1.807) is 36.4 Å². The number of para-hydroxylation sites is 2. The number of carbonyl (C=O) groups excluding carboxylic acids is 2. The predicted octanol–water partition coefficient (Wildman–Crippen LogP) is 2.52. The molecular formula is C15H13O4+. The monoisotopic (exact) mass is 257 g/mol. The number of esters is 1. The standard InChI is InChI=1S/C15H12O4/c1-10(16)11-6-3-5-9-14(11)19-15(18)12-7-2-4-8-13(12)17/h2-9,17H,1H3/p+1. The molecule has 2 rings (SSSR count). The second-order valence-corrected chi connectivity index (χ2v) is 3.99. The molecule has 2 aromatic rings. The number of ether oxygens (including phenoxy) is 1. The second kappa shape index (κ2) is 5.35. The summed E-state index contributed by atoms with van der Waals surface area (Å²) in [5.41, 5.74) is 0.513. The number of phenolic OH excluding ortho intramolecular Hbond substituents is 1. The molecule has 0 spiro atoms. The van der Waals surface area contributed by atoms with Crippen LogP contribution in [0.3, 0.4) is 0 Å². The Kier molecular flexibility index (Phi) is 3.61. The van der Waals surface area contributed by atoms with E-state index in [-0.39, 0.29) is 22.8 Å². The zero-order chi connectivity index (χ0) is 13.8. The van der Waals surface area contributed by atoms with Crippen LogP contribution in [0.1, 0.15) is 22.8 Å². The van der Waals surface area contributed by atoms with E-state index in [0.29, 0.717) is 5.56 Å². The maximum Gasteiger partial charge on any atom is 0.347 e. The number of hydrogen-bond donors (Lipinski definition) is 1. The molecule has 0 aliphatic carbocycles. The lowest BCUT2D eigenvalue weighted by Crippen LogP contribution is -2.11. The van der Waals surface area contributed by atoms with Gasteiger partial charge in [-0.15, -0.1) is 0 Å². The van der Waals surface area contributed by atoms with Crippen LogP contribution in [0.15, 0.2) is 48.5 Å². The maximum absolute atomic E-state index is 11.9. The molecule has 0 saturated carbocycles. The molecule has 19 heavy (non-hydrogen) atoms. The van der Waals surface area contributed by atoms with Gasteiger partial charge >= 0.3 is 11.8 Å². The van der Waals surface area contributed by atoms with Gasteiger partial charge in [-0.2, -0.15) is 0 Å². The molecule has 0 aromatic heterocycles. The van der Waals surface area contributed by atoms with E-state index >= 15 is 0 Å².